The van der Waals surface area contributed by atoms with Crippen molar-refractivity contribution in [2.24, 2.45) is 0 Å². The van der Waals surface area contributed by atoms with E-state index in [-0.39, 0.29) is 11.2 Å². The summed E-state index contributed by atoms with van der Waals surface area (Å²) in [5, 5.41) is 8.26. The third-order valence-corrected chi connectivity index (χ3v) is 6.55. The van der Waals surface area contributed by atoms with Gasteiger partial charge in [-0.1, -0.05) is 16.9 Å². The first-order chi connectivity index (χ1) is 12.1. The number of nitrogens with one attached hydrogen (secondary N) is 1. The molecule has 1 atom stereocenters. The molecule has 1 N–H and O–H groups in total. The number of amides is 1. The molecule has 0 saturated carbocycles. The first-order valence-electron chi connectivity index (χ1n) is 8.28. The van der Waals surface area contributed by atoms with Crippen LogP contribution in [0.4, 0.5) is 5.88 Å². The number of anilines is 1. The summed E-state index contributed by atoms with van der Waals surface area (Å²) >= 11 is 3.23. The summed E-state index contributed by atoms with van der Waals surface area (Å²) in [6.07, 6.45) is 6.25. The van der Waals surface area contributed by atoms with Gasteiger partial charge in [0.05, 0.1) is 10.9 Å². The fourth-order valence-electron chi connectivity index (χ4n) is 3.02. The van der Waals surface area contributed by atoms with Crippen molar-refractivity contribution in [3.63, 3.8) is 0 Å². The fraction of sp³-hybridized carbons (Fsp3) is 0.412. The van der Waals surface area contributed by atoms with Crippen molar-refractivity contribution in [3.05, 3.63) is 28.5 Å². The lowest BCUT2D eigenvalue weighted by Gasteiger charge is -2.13. The van der Waals surface area contributed by atoms with E-state index >= 15 is 0 Å². The second-order valence-electron chi connectivity index (χ2n) is 6.15. The van der Waals surface area contributed by atoms with E-state index in [1.807, 2.05) is 13.8 Å². The molecule has 0 aromatic carbocycles. The maximum absolute atomic E-state index is 12.4. The minimum Gasteiger partial charge on any atom is -0.338 e. The zero-order chi connectivity index (χ0) is 17.4. The molecule has 1 unspecified atom stereocenters. The van der Waals surface area contributed by atoms with Crippen molar-refractivity contribution in [2.75, 3.05) is 5.32 Å². The zero-order valence-electron chi connectivity index (χ0n) is 14.0. The van der Waals surface area contributed by atoms with Crippen molar-refractivity contribution < 1.29 is 9.32 Å². The van der Waals surface area contributed by atoms with Crippen LogP contribution in [0.2, 0.25) is 0 Å². The zero-order valence-corrected chi connectivity index (χ0v) is 15.7. The summed E-state index contributed by atoms with van der Waals surface area (Å²) in [6.45, 7) is 3.69. The first-order valence-corrected chi connectivity index (χ1v) is 9.97. The smallest absolute Gasteiger partial charge is 0.240 e. The minimum absolute atomic E-state index is 0.128. The maximum Gasteiger partial charge on any atom is 0.240 e. The van der Waals surface area contributed by atoms with Gasteiger partial charge in [0.15, 0.2) is 0 Å². The van der Waals surface area contributed by atoms with Crippen LogP contribution in [0.3, 0.4) is 0 Å². The summed E-state index contributed by atoms with van der Waals surface area (Å²) in [6, 6.07) is 1.70. The van der Waals surface area contributed by atoms with E-state index in [9.17, 15) is 4.79 Å². The third kappa shape index (κ3) is 3.28. The van der Waals surface area contributed by atoms with Gasteiger partial charge in [0, 0.05) is 16.3 Å². The van der Waals surface area contributed by atoms with Gasteiger partial charge < -0.3 is 4.52 Å². The average Bonchev–Trinajstić information content (AvgIpc) is 3.18. The van der Waals surface area contributed by atoms with Crippen LogP contribution in [0, 0.1) is 6.92 Å². The molecule has 3 aromatic rings. The van der Waals surface area contributed by atoms with E-state index in [4.69, 9.17) is 4.52 Å². The molecule has 0 aliphatic heterocycles. The van der Waals surface area contributed by atoms with Gasteiger partial charge in [-0.2, -0.15) is 0 Å². The summed E-state index contributed by atoms with van der Waals surface area (Å²) in [5.41, 5.74) is 2.12. The highest BCUT2D eigenvalue weighted by Crippen LogP contribution is 2.40. The second-order valence-corrected chi connectivity index (χ2v) is 8.56. The van der Waals surface area contributed by atoms with Crippen LogP contribution in [-0.2, 0) is 17.6 Å². The Balaban J connectivity index is 1.57. The van der Waals surface area contributed by atoms with Gasteiger partial charge in [0.1, 0.15) is 16.2 Å². The lowest BCUT2D eigenvalue weighted by Crippen LogP contribution is -2.22. The molecule has 8 heteroatoms. The fourth-order valence-corrected chi connectivity index (χ4v) is 5.26. The molecule has 0 bridgehead atoms. The number of fused-ring (bicyclic) bond motifs is 3. The summed E-state index contributed by atoms with van der Waals surface area (Å²) in [7, 11) is 0. The number of thiophene rings is 1. The van der Waals surface area contributed by atoms with Crippen LogP contribution >= 0.6 is 23.1 Å². The molecule has 0 spiro atoms. The third-order valence-electron chi connectivity index (χ3n) is 4.25. The Morgan fingerprint density at radius 3 is 3.00 bits per heavy atom. The van der Waals surface area contributed by atoms with Crippen molar-refractivity contribution in [2.45, 2.75) is 49.8 Å². The Morgan fingerprint density at radius 2 is 2.20 bits per heavy atom. The van der Waals surface area contributed by atoms with E-state index in [0.29, 0.717) is 5.88 Å². The van der Waals surface area contributed by atoms with Crippen molar-refractivity contribution in [1.29, 1.82) is 0 Å². The number of thioether (sulfide) groups is 1. The van der Waals surface area contributed by atoms with Crippen molar-refractivity contribution in [3.8, 4) is 0 Å². The maximum atomic E-state index is 12.4. The Bertz CT molecular complexity index is 934. The highest BCUT2D eigenvalue weighted by Gasteiger charge is 2.23. The summed E-state index contributed by atoms with van der Waals surface area (Å²) in [5.74, 6) is 0.243. The minimum atomic E-state index is -0.303. The van der Waals surface area contributed by atoms with E-state index in [2.05, 4.69) is 20.4 Å². The molecule has 1 aliphatic rings. The van der Waals surface area contributed by atoms with Crippen molar-refractivity contribution >= 4 is 45.1 Å². The van der Waals surface area contributed by atoms with Crippen molar-refractivity contribution in [1.82, 2.24) is 15.1 Å². The van der Waals surface area contributed by atoms with Gasteiger partial charge in [-0.25, -0.2) is 9.97 Å². The quantitative estimate of drug-likeness (QED) is 0.549. The Morgan fingerprint density at radius 1 is 1.36 bits per heavy atom. The first kappa shape index (κ1) is 16.5. The van der Waals surface area contributed by atoms with Gasteiger partial charge in [-0.15, -0.1) is 11.3 Å². The number of hydrogen-bond acceptors (Lipinski definition) is 7. The molecule has 0 radical (unpaired) electrons. The molecule has 6 nitrogen and oxygen atoms in total. The molecule has 0 saturated heterocycles. The van der Waals surface area contributed by atoms with Crippen LogP contribution in [0.1, 0.15) is 35.9 Å². The van der Waals surface area contributed by atoms with E-state index in [1.54, 1.807) is 23.7 Å². The molecular formula is C17H18N4O2S2. The molecule has 3 aromatic heterocycles. The second kappa shape index (κ2) is 6.76. The van der Waals surface area contributed by atoms with Crippen LogP contribution < -0.4 is 5.32 Å². The van der Waals surface area contributed by atoms with Gasteiger partial charge in [0.25, 0.3) is 0 Å². The van der Waals surface area contributed by atoms with E-state index in [0.717, 1.165) is 33.8 Å². The lowest BCUT2D eigenvalue weighted by atomic mass is 9.97. The molecule has 130 valence electrons. The molecule has 1 amide bonds. The highest BCUT2D eigenvalue weighted by atomic mass is 32.2. The predicted octanol–water partition coefficient (Wildman–Crippen LogP) is 3.99. The van der Waals surface area contributed by atoms with Crippen LogP contribution in [0.15, 0.2) is 21.9 Å². The van der Waals surface area contributed by atoms with Crippen LogP contribution in [0.25, 0.3) is 10.2 Å². The molecule has 3 heterocycles. The van der Waals surface area contributed by atoms with E-state index < -0.39 is 0 Å². The molecular weight excluding hydrogens is 356 g/mol. The van der Waals surface area contributed by atoms with E-state index in [1.165, 1.54) is 35.0 Å². The Labute approximate surface area is 153 Å². The number of rotatable bonds is 4. The average molecular weight is 374 g/mol. The van der Waals surface area contributed by atoms with Crippen LogP contribution in [0.5, 0.6) is 0 Å². The van der Waals surface area contributed by atoms with Gasteiger partial charge in [0.2, 0.25) is 11.8 Å². The van der Waals surface area contributed by atoms with Gasteiger partial charge >= 0.3 is 0 Å². The predicted molar refractivity (Wildman–Crippen MR) is 99.2 cm³/mol. The molecule has 1 aliphatic carbocycles. The van der Waals surface area contributed by atoms with Gasteiger partial charge in [-0.05, 0) is 45.1 Å². The molecule has 0 fully saturated rings. The number of aromatic nitrogens is 3. The number of carbonyl (C=O) groups excluding carboxylic acids is 1. The monoisotopic (exact) mass is 374 g/mol. The largest absolute Gasteiger partial charge is 0.338 e. The molecule has 4 rings (SSSR count). The standard InChI is InChI=1S/C17H18N4O2S2/c1-9-7-13(23-21-9)20-15(22)10(2)24-16-14-11-5-3-4-6-12(11)25-17(14)19-8-18-16/h7-8,10H,3-6H2,1-2H3,(H,20,22). The lowest BCUT2D eigenvalue weighted by molar-refractivity contribution is -0.115. The Kier molecular flexibility index (Phi) is 4.47. The summed E-state index contributed by atoms with van der Waals surface area (Å²) in [4.78, 5) is 23.8. The summed E-state index contributed by atoms with van der Waals surface area (Å²) < 4.78 is 5.05. The SMILES string of the molecule is Cc1cc(NC(=O)C(C)Sc2ncnc3sc4c(c23)CCCC4)on1. The Hall–Kier alpha value is -1.93. The van der Waals surface area contributed by atoms with Gasteiger partial charge in [-0.3, -0.25) is 10.1 Å². The molecule has 25 heavy (non-hydrogen) atoms. The van der Waals surface area contributed by atoms with Crippen LogP contribution in [-0.4, -0.2) is 26.3 Å². The topological polar surface area (TPSA) is 80.9 Å². The number of aryl methyl sites for hydroxylation is 3. The number of carbonyl (C=O) groups is 1. The normalized spacial score (nSPS) is 15.1. The highest BCUT2D eigenvalue weighted by molar-refractivity contribution is 8.00. The number of nitrogens with zero attached hydrogens (tertiary/aromatic N) is 3. The number of hydrogen-bond donors (Lipinski definition) is 1.